The van der Waals surface area contributed by atoms with Gasteiger partial charge in [-0.2, -0.15) is 0 Å². The lowest BCUT2D eigenvalue weighted by Gasteiger charge is -2.09. The Morgan fingerprint density at radius 3 is 2.47 bits per heavy atom. The van der Waals surface area contributed by atoms with E-state index in [1.807, 2.05) is 24.3 Å². The Morgan fingerprint density at radius 2 is 1.88 bits per heavy atom. The number of benzene rings is 1. The van der Waals surface area contributed by atoms with E-state index in [-0.39, 0.29) is 6.03 Å². The molecule has 0 fully saturated rings. The maximum Gasteiger partial charge on any atom is 0.315 e. The van der Waals surface area contributed by atoms with Gasteiger partial charge in [-0.05, 0) is 30.0 Å². The van der Waals surface area contributed by atoms with E-state index in [2.05, 4.69) is 40.4 Å². The molecule has 1 rings (SSSR count). The van der Waals surface area contributed by atoms with Gasteiger partial charge in [0.15, 0.2) is 0 Å². The molecule has 0 aliphatic rings. The quantitative estimate of drug-likeness (QED) is 0.860. The normalized spacial score (nSPS) is 10.4. The van der Waals surface area contributed by atoms with Crippen LogP contribution in [-0.4, -0.2) is 12.6 Å². The predicted molar refractivity (Wildman–Crippen MR) is 73.8 cm³/mol. The summed E-state index contributed by atoms with van der Waals surface area (Å²) in [6.07, 6.45) is 1.01. The molecule has 4 heteroatoms. The van der Waals surface area contributed by atoms with Gasteiger partial charge < -0.3 is 10.6 Å². The zero-order valence-electron chi connectivity index (χ0n) is 10.3. The molecule has 0 bridgehead atoms. The van der Waals surface area contributed by atoms with Gasteiger partial charge in [-0.1, -0.05) is 41.9 Å². The SMILES string of the molecule is CC(C)CCNC(=O)NCc1ccc(Br)cc1. The number of nitrogens with one attached hydrogen (secondary N) is 2. The van der Waals surface area contributed by atoms with Gasteiger partial charge in [-0.15, -0.1) is 0 Å². The number of urea groups is 1. The van der Waals surface area contributed by atoms with Gasteiger partial charge in [-0.3, -0.25) is 0 Å². The second-order valence-corrected chi connectivity index (χ2v) is 5.33. The van der Waals surface area contributed by atoms with E-state index in [1.165, 1.54) is 0 Å². The second kappa shape index (κ2) is 7.33. The largest absolute Gasteiger partial charge is 0.338 e. The van der Waals surface area contributed by atoms with Crippen molar-refractivity contribution in [2.24, 2.45) is 5.92 Å². The van der Waals surface area contributed by atoms with Crippen LogP contribution in [0.2, 0.25) is 0 Å². The second-order valence-electron chi connectivity index (χ2n) is 4.42. The van der Waals surface area contributed by atoms with Crippen molar-refractivity contribution in [2.75, 3.05) is 6.54 Å². The van der Waals surface area contributed by atoms with E-state index in [4.69, 9.17) is 0 Å². The van der Waals surface area contributed by atoms with E-state index < -0.39 is 0 Å². The predicted octanol–water partition coefficient (Wildman–Crippen LogP) is 3.29. The molecule has 3 nitrogen and oxygen atoms in total. The van der Waals surface area contributed by atoms with Crippen molar-refractivity contribution in [3.8, 4) is 0 Å². The number of hydrogen-bond donors (Lipinski definition) is 2. The first-order valence-corrected chi connectivity index (χ1v) is 6.63. The third-order valence-electron chi connectivity index (χ3n) is 2.37. The van der Waals surface area contributed by atoms with Gasteiger partial charge in [0, 0.05) is 17.6 Å². The van der Waals surface area contributed by atoms with Crippen LogP contribution in [0.5, 0.6) is 0 Å². The molecule has 1 aromatic carbocycles. The fraction of sp³-hybridized carbons (Fsp3) is 0.462. The minimum atomic E-state index is -0.103. The Balaban J connectivity index is 2.21. The molecule has 94 valence electrons. The standard InChI is InChI=1S/C13H19BrN2O/c1-10(2)7-8-15-13(17)16-9-11-3-5-12(14)6-4-11/h3-6,10H,7-9H2,1-2H3,(H2,15,16,17). The van der Waals surface area contributed by atoms with Crippen molar-refractivity contribution in [3.63, 3.8) is 0 Å². The Morgan fingerprint density at radius 1 is 1.24 bits per heavy atom. The molecule has 0 heterocycles. The van der Waals surface area contributed by atoms with E-state index in [1.54, 1.807) is 0 Å². The van der Waals surface area contributed by atoms with Crippen LogP contribution >= 0.6 is 15.9 Å². The molecule has 0 unspecified atom stereocenters. The molecule has 2 N–H and O–H groups in total. The van der Waals surface area contributed by atoms with Crippen molar-refractivity contribution < 1.29 is 4.79 Å². The third-order valence-corrected chi connectivity index (χ3v) is 2.90. The molecule has 0 spiro atoms. The fourth-order valence-electron chi connectivity index (χ4n) is 1.32. The first kappa shape index (κ1) is 14.0. The number of carbonyl (C=O) groups is 1. The van der Waals surface area contributed by atoms with Gasteiger partial charge in [0.1, 0.15) is 0 Å². The van der Waals surface area contributed by atoms with Gasteiger partial charge in [0.25, 0.3) is 0 Å². The summed E-state index contributed by atoms with van der Waals surface area (Å²) in [6.45, 7) is 5.56. The van der Waals surface area contributed by atoms with Crippen LogP contribution in [0.25, 0.3) is 0 Å². The summed E-state index contributed by atoms with van der Waals surface area (Å²) in [4.78, 5) is 11.4. The van der Waals surface area contributed by atoms with Gasteiger partial charge >= 0.3 is 6.03 Å². The third kappa shape index (κ3) is 6.31. The van der Waals surface area contributed by atoms with Crippen molar-refractivity contribution >= 4 is 22.0 Å². The van der Waals surface area contributed by atoms with Gasteiger partial charge in [0.05, 0.1) is 0 Å². The molecule has 1 aromatic rings. The summed E-state index contributed by atoms with van der Waals surface area (Å²) in [5, 5.41) is 5.66. The molecule has 2 amide bonds. The number of carbonyl (C=O) groups excluding carboxylic acids is 1. The molecule has 0 radical (unpaired) electrons. The Kier molecular flexibility index (Phi) is 6.05. The first-order valence-electron chi connectivity index (χ1n) is 5.84. The molecule has 0 aliphatic carbocycles. The average molecular weight is 299 g/mol. The van der Waals surface area contributed by atoms with Crippen LogP contribution in [0.4, 0.5) is 4.79 Å². The maximum absolute atomic E-state index is 11.4. The highest BCUT2D eigenvalue weighted by Gasteiger charge is 2.00. The van der Waals surface area contributed by atoms with Crippen LogP contribution < -0.4 is 10.6 Å². The number of amides is 2. The maximum atomic E-state index is 11.4. The topological polar surface area (TPSA) is 41.1 Å². The summed E-state index contributed by atoms with van der Waals surface area (Å²) in [6, 6.07) is 7.80. The number of halogens is 1. The van der Waals surface area contributed by atoms with Gasteiger partial charge in [-0.25, -0.2) is 4.79 Å². The lowest BCUT2D eigenvalue weighted by atomic mass is 10.1. The zero-order valence-corrected chi connectivity index (χ0v) is 11.9. The number of rotatable bonds is 5. The van der Waals surface area contributed by atoms with Crippen molar-refractivity contribution in [1.29, 1.82) is 0 Å². The van der Waals surface area contributed by atoms with E-state index in [0.717, 1.165) is 23.0 Å². The molecule has 0 saturated carbocycles. The molecule has 0 aliphatic heterocycles. The lowest BCUT2D eigenvalue weighted by Crippen LogP contribution is -2.35. The monoisotopic (exact) mass is 298 g/mol. The molecule has 17 heavy (non-hydrogen) atoms. The fourth-order valence-corrected chi connectivity index (χ4v) is 1.59. The Hall–Kier alpha value is -1.03. The summed E-state index contributed by atoms with van der Waals surface area (Å²) in [5.74, 6) is 0.613. The Labute approximate surface area is 111 Å². The summed E-state index contributed by atoms with van der Waals surface area (Å²) in [5.41, 5.74) is 1.09. The summed E-state index contributed by atoms with van der Waals surface area (Å²) < 4.78 is 1.04. The highest BCUT2D eigenvalue weighted by Crippen LogP contribution is 2.10. The van der Waals surface area contributed by atoms with Crippen LogP contribution in [0.15, 0.2) is 28.7 Å². The summed E-state index contributed by atoms with van der Waals surface area (Å²) >= 11 is 3.37. The first-order chi connectivity index (χ1) is 8.08. The van der Waals surface area contributed by atoms with Crippen molar-refractivity contribution in [1.82, 2.24) is 10.6 Å². The van der Waals surface area contributed by atoms with E-state index >= 15 is 0 Å². The minimum absolute atomic E-state index is 0.103. The van der Waals surface area contributed by atoms with E-state index in [0.29, 0.717) is 12.5 Å². The molecule has 0 atom stereocenters. The highest BCUT2D eigenvalue weighted by atomic mass is 79.9. The van der Waals surface area contributed by atoms with Gasteiger partial charge in [0.2, 0.25) is 0 Å². The van der Waals surface area contributed by atoms with Crippen LogP contribution in [0, 0.1) is 5.92 Å². The zero-order chi connectivity index (χ0) is 12.7. The molecular weight excluding hydrogens is 280 g/mol. The highest BCUT2D eigenvalue weighted by molar-refractivity contribution is 9.10. The molecular formula is C13H19BrN2O. The average Bonchev–Trinajstić information content (AvgIpc) is 2.28. The molecule has 0 aromatic heterocycles. The molecule has 0 saturated heterocycles. The Bertz CT molecular complexity index is 349. The van der Waals surface area contributed by atoms with Crippen LogP contribution in [0.3, 0.4) is 0 Å². The van der Waals surface area contributed by atoms with Crippen LogP contribution in [0.1, 0.15) is 25.8 Å². The van der Waals surface area contributed by atoms with Crippen molar-refractivity contribution in [2.45, 2.75) is 26.8 Å². The van der Waals surface area contributed by atoms with Crippen LogP contribution in [-0.2, 0) is 6.54 Å². The van der Waals surface area contributed by atoms with E-state index in [9.17, 15) is 4.79 Å². The number of hydrogen-bond acceptors (Lipinski definition) is 1. The summed E-state index contributed by atoms with van der Waals surface area (Å²) in [7, 11) is 0. The van der Waals surface area contributed by atoms with Crippen molar-refractivity contribution in [3.05, 3.63) is 34.3 Å². The minimum Gasteiger partial charge on any atom is -0.338 e. The lowest BCUT2D eigenvalue weighted by molar-refractivity contribution is 0.240. The smallest absolute Gasteiger partial charge is 0.315 e.